The summed E-state index contributed by atoms with van der Waals surface area (Å²) in [6, 6.07) is 2.84. The van der Waals surface area contributed by atoms with E-state index in [0.717, 1.165) is 0 Å². The maximum Gasteiger partial charge on any atom is 0.00794 e. The van der Waals surface area contributed by atoms with Gasteiger partial charge in [0.25, 0.3) is 0 Å². The maximum atomic E-state index is 3.62. The Morgan fingerprint density at radius 2 is 1.94 bits per heavy atom. The van der Waals surface area contributed by atoms with Gasteiger partial charge in [0.15, 0.2) is 0 Å². The Hall–Kier alpha value is -0.340. The second-order valence-electron chi connectivity index (χ2n) is 4.96. The van der Waals surface area contributed by atoms with E-state index in [1.807, 2.05) is 0 Å². The standard InChI is InChI=1S/C15H27NS/c1-3-4-5-6-7-8-10-16-14(2)12-15-9-11-17-13-15/h9,11,13-14,16H,3-8,10,12H2,1-2H3. The summed E-state index contributed by atoms with van der Waals surface area (Å²) in [6.07, 6.45) is 9.46. The SMILES string of the molecule is CCCCCCCCNC(C)Cc1ccsc1. The lowest BCUT2D eigenvalue weighted by Crippen LogP contribution is -2.28. The average molecular weight is 253 g/mol. The van der Waals surface area contributed by atoms with Crippen molar-refractivity contribution in [2.24, 2.45) is 0 Å². The van der Waals surface area contributed by atoms with Crippen LogP contribution in [0.3, 0.4) is 0 Å². The van der Waals surface area contributed by atoms with Gasteiger partial charge >= 0.3 is 0 Å². The van der Waals surface area contributed by atoms with Crippen molar-refractivity contribution in [1.29, 1.82) is 0 Å². The van der Waals surface area contributed by atoms with Crippen LogP contribution in [0, 0.1) is 0 Å². The zero-order valence-electron chi connectivity index (χ0n) is 11.4. The first-order valence-corrected chi connectivity index (χ1v) is 8.01. The lowest BCUT2D eigenvalue weighted by atomic mass is 10.1. The third kappa shape index (κ3) is 7.56. The first-order valence-electron chi connectivity index (χ1n) is 7.07. The van der Waals surface area contributed by atoms with Crippen molar-refractivity contribution in [2.75, 3.05) is 6.54 Å². The monoisotopic (exact) mass is 253 g/mol. The minimum Gasteiger partial charge on any atom is -0.314 e. The van der Waals surface area contributed by atoms with Gasteiger partial charge in [-0.25, -0.2) is 0 Å². The summed E-state index contributed by atoms with van der Waals surface area (Å²) < 4.78 is 0. The highest BCUT2D eigenvalue weighted by atomic mass is 32.1. The van der Waals surface area contributed by atoms with E-state index in [1.54, 1.807) is 11.3 Å². The van der Waals surface area contributed by atoms with Gasteiger partial charge in [-0.1, -0.05) is 39.0 Å². The van der Waals surface area contributed by atoms with Gasteiger partial charge < -0.3 is 5.32 Å². The van der Waals surface area contributed by atoms with Gasteiger partial charge in [-0.15, -0.1) is 0 Å². The van der Waals surface area contributed by atoms with Crippen molar-refractivity contribution >= 4 is 11.3 Å². The van der Waals surface area contributed by atoms with Gasteiger partial charge in [-0.2, -0.15) is 11.3 Å². The number of rotatable bonds is 10. The third-order valence-corrected chi connectivity index (χ3v) is 3.88. The molecule has 0 spiro atoms. The van der Waals surface area contributed by atoms with Crippen LogP contribution < -0.4 is 5.32 Å². The van der Waals surface area contributed by atoms with Gasteiger partial charge in [0, 0.05) is 6.04 Å². The smallest absolute Gasteiger partial charge is 0.00794 e. The van der Waals surface area contributed by atoms with Crippen molar-refractivity contribution < 1.29 is 0 Å². The normalized spacial score (nSPS) is 12.8. The highest BCUT2D eigenvalue weighted by molar-refractivity contribution is 7.07. The molecule has 0 saturated carbocycles. The largest absolute Gasteiger partial charge is 0.314 e. The van der Waals surface area contributed by atoms with E-state index >= 15 is 0 Å². The average Bonchev–Trinajstić information content (AvgIpc) is 2.80. The number of unbranched alkanes of at least 4 members (excludes halogenated alkanes) is 5. The lowest BCUT2D eigenvalue weighted by molar-refractivity contribution is 0.512. The van der Waals surface area contributed by atoms with E-state index in [-0.39, 0.29) is 0 Å². The topological polar surface area (TPSA) is 12.0 Å². The summed E-state index contributed by atoms with van der Waals surface area (Å²) in [7, 11) is 0. The Morgan fingerprint density at radius 1 is 1.18 bits per heavy atom. The molecule has 2 heteroatoms. The molecule has 1 rings (SSSR count). The van der Waals surface area contributed by atoms with Gasteiger partial charge in [-0.05, 0) is 48.7 Å². The molecule has 0 aromatic carbocycles. The molecule has 0 bridgehead atoms. The summed E-state index contributed by atoms with van der Waals surface area (Å²) in [5.74, 6) is 0. The van der Waals surface area contributed by atoms with Crippen LogP contribution in [0.1, 0.15) is 57.9 Å². The van der Waals surface area contributed by atoms with E-state index in [9.17, 15) is 0 Å². The van der Waals surface area contributed by atoms with Gasteiger partial charge in [-0.3, -0.25) is 0 Å². The molecule has 1 unspecified atom stereocenters. The highest BCUT2D eigenvalue weighted by Gasteiger charge is 2.02. The second kappa shape index (κ2) is 9.67. The summed E-state index contributed by atoms with van der Waals surface area (Å²) in [5, 5.41) is 8.03. The molecule has 0 aliphatic carbocycles. The van der Waals surface area contributed by atoms with E-state index in [0.29, 0.717) is 6.04 Å². The molecule has 1 heterocycles. The maximum absolute atomic E-state index is 3.62. The first kappa shape index (κ1) is 14.7. The van der Waals surface area contributed by atoms with Crippen LogP contribution in [0.4, 0.5) is 0 Å². The van der Waals surface area contributed by atoms with Gasteiger partial charge in [0.1, 0.15) is 0 Å². The molecule has 1 nitrogen and oxygen atoms in total. The molecule has 0 saturated heterocycles. The van der Waals surface area contributed by atoms with Crippen molar-refractivity contribution in [3.8, 4) is 0 Å². The zero-order valence-corrected chi connectivity index (χ0v) is 12.2. The Balaban J connectivity index is 1.92. The molecule has 1 atom stereocenters. The van der Waals surface area contributed by atoms with Crippen LogP contribution in [0.15, 0.2) is 16.8 Å². The summed E-state index contributed by atoms with van der Waals surface area (Å²) >= 11 is 1.79. The van der Waals surface area contributed by atoms with Gasteiger partial charge in [0.05, 0.1) is 0 Å². The first-order chi connectivity index (χ1) is 8.33. The molecular formula is C15H27NS. The summed E-state index contributed by atoms with van der Waals surface area (Å²) in [4.78, 5) is 0. The quantitative estimate of drug-likeness (QED) is 0.600. The predicted molar refractivity (Wildman–Crippen MR) is 78.9 cm³/mol. The fourth-order valence-corrected chi connectivity index (χ4v) is 2.77. The zero-order chi connectivity index (χ0) is 12.3. The van der Waals surface area contributed by atoms with Crippen LogP contribution in [-0.2, 0) is 6.42 Å². The number of hydrogen-bond donors (Lipinski definition) is 1. The van der Waals surface area contributed by atoms with Crippen LogP contribution >= 0.6 is 11.3 Å². The van der Waals surface area contributed by atoms with Crippen molar-refractivity contribution in [2.45, 2.75) is 64.8 Å². The third-order valence-electron chi connectivity index (χ3n) is 3.15. The summed E-state index contributed by atoms with van der Waals surface area (Å²) in [5.41, 5.74) is 1.47. The number of hydrogen-bond acceptors (Lipinski definition) is 2. The number of nitrogens with one attached hydrogen (secondary N) is 1. The molecule has 0 amide bonds. The molecule has 0 aliphatic rings. The Kier molecular flexibility index (Phi) is 8.37. The second-order valence-corrected chi connectivity index (χ2v) is 5.74. The molecule has 1 aromatic heterocycles. The van der Waals surface area contributed by atoms with Crippen molar-refractivity contribution in [3.63, 3.8) is 0 Å². The Labute approximate surface area is 111 Å². The molecule has 1 aromatic rings. The molecule has 0 fully saturated rings. The Morgan fingerprint density at radius 3 is 2.65 bits per heavy atom. The van der Waals surface area contributed by atoms with E-state index in [1.165, 1.54) is 57.1 Å². The van der Waals surface area contributed by atoms with Crippen LogP contribution in [0.25, 0.3) is 0 Å². The molecule has 0 radical (unpaired) electrons. The Bertz CT molecular complexity index is 256. The van der Waals surface area contributed by atoms with Crippen molar-refractivity contribution in [1.82, 2.24) is 5.32 Å². The van der Waals surface area contributed by atoms with E-state index < -0.39 is 0 Å². The minimum atomic E-state index is 0.611. The van der Waals surface area contributed by atoms with E-state index in [2.05, 4.69) is 36.0 Å². The van der Waals surface area contributed by atoms with Crippen LogP contribution in [0.2, 0.25) is 0 Å². The fourth-order valence-electron chi connectivity index (χ4n) is 2.09. The summed E-state index contributed by atoms with van der Waals surface area (Å²) in [6.45, 7) is 5.74. The number of thiophene rings is 1. The van der Waals surface area contributed by atoms with Crippen LogP contribution in [-0.4, -0.2) is 12.6 Å². The van der Waals surface area contributed by atoms with Gasteiger partial charge in [0.2, 0.25) is 0 Å². The molecular weight excluding hydrogens is 226 g/mol. The molecule has 17 heavy (non-hydrogen) atoms. The molecule has 98 valence electrons. The minimum absolute atomic E-state index is 0.611. The van der Waals surface area contributed by atoms with Crippen molar-refractivity contribution in [3.05, 3.63) is 22.4 Å². The fraction of sp³-hybridized carbons (Fsp3) is 0.733. The van der Waals surface area contributed by atoms with E-state index in [4.69, 9.17) is 0 Å². The lowest BCUT2D eigenvalue weighted by Gasteiger charge is -2.12. The molecule has 1 N–H and O–H groups in total. The van der Waals surface area contributed by atoms with Crippen LogP contribution in [0.5, 0.6) is 0 Å². The predicted octanol–water partition coefficient (Wildman–Crippen LogP) is 4.63. The highest BCUT2D eigenvalue weighted by Crippen LogP contribution is 2.09. The molecule has 0 aliphatic heterocycles.